The van der Waals surface area contributed by atoms with E-state index in [0.29, 0.717) is 17.0 Å². The normalized spacial score (nSPS) is 27.2. The molecule has 4 heteroatoms. The van der Waals surface area contributed by atoms with Gasteiger partial charge in [-0.25, -0.2) is 9.97 Å². The van der Waals surface area contributed by atoms with E-state index in [1.807, 2.05) is 0 Å². The van der Waals surface area contributed by atoms with Gasteiger partial charge in [0.05, 0.1) is 5.69 Å². The van der Waals surface area contributed by atoms with Crippen LogP contribution in [0.5, 0.6) is 0 Å². The second kappa shape index (κ2) is 5.28. The third-order valence-electron chi connectivity index (χ3n) is 4.27. The fraction of sp³-hybridized carbons (Fsp3) is 0.733. The van der Waals surface area contributed by atoms with Crippen LogP contribution in [0.15, 0.2) is 0 Å². The zero-order valence-corrected chi connectivity index (χ0v) is 12.6. The molecule has 0 radical (unpaired) electrons. The van der Waals surface area contributed by atoms with Crippen LogP contribution >= 0.6 is 11.6 Å². The van der Waals surface area contributed by atoms with Crippen molar-refractivity contribution in [2.45, 2.75) is 46.0 Å². The lowest BCUT2D eigenvalue weighted by Gasteiger charge is -2.35. The molecule has 3 nitrogen and oxygen atoms in total. The molecule has 0 spiro atoms. The molecule has 0 bridgehead atoms. The molecule has 0 aromatic carbocycles. The lowest BCUT2D eigenvalue weighted by atomic mass is 9.92. The highest BCUT2D eigenvalue weighted by molar-refractivity contribution is 6.30. The Balaban J connectivity index is 1.90. The van der Waals surface area contributed by atoms with Crippen LogP contribution in [0.2, 0.25) is 5.15 Å². The second-order valence-electron chi connectivity index (χ2n) is 6.30. The van der Waals surface area contributed by atoms with Gasteiger partial charge in [0.1, 0.15) is 5.15 Å². The Hall–Kier alpha value is -0.830. The Morgan fingerprint density at radius 3 is 2.47 bits per heavy atom. The van der Waals surface area contributed by atoms with Crippen molar-refractivity contribution in [3.63, 3.8) is 0 Å². The average molecular weight is 280 g/mol. The van der Waals surface area contributed by atoms with Crippen molar-refractivity contribution in [2.24, 2.45) is 11.8 Å². The number of anilines is 1. The predicted molar refractivity (Wildman–Crippen MR) is 78.8 cm³/mol. The van der Waals surface area contributed by atoms with Gasteiger partial charge in [-0.1, -0.05) is 25.4 Å². The van der Waals surface area contributed by atoms with E-state index in [4.69, 9.17) is 16.6 Å². The molecule has 1 fully saturated rings. The van der Waals surface area contributed by atoms with Crippen LogP contribution in [0.25, 0.3) is 0 Å². The van der Waals surface area contributed by atoms with Crippen LogP contribution < -0.4 is 4.90 Å². The number of rotatable bonds is 1. The van der Waals surface area contributed by atoms with Crippen molar-refractivity contribution in [3.05, 3.63) is 16.4 Å². The molecule has 1 saturated heterocycles. The summed E-state index contributed by atoms with van der Waals surface area (Å²) in [6.07, 6.45) is 5.85. The number of fused-ring (bicyclic) bond motifs is 1. The Bertz CT molecular complexity index is 465. The van der Waals surface area contributed by atoms with Crippen molar-refractivity contribution in [2.75, 3.05) is 18.0 Å². The summed E-state index contributed by atoms with van der Waals surface area (Å²) in [6, 6.07) is 0. The van der Waals surface area contributed by atoms with Gasteiger partial charge < -0.3 is 4.90 Å². The third-order valence-corrected chi connectivity index (χ3v) is 4.59. The fourth-order valence-electron chi connectivity index (χ4n) is 3.50. The number of aryl methyl sites for hydroxylation is 1. The maximum atomic E-state index is 6.36. The summed E-state index contributed by atoms with van der Waals surface area (Å²) in [4.78, 5) is 11.7. The van der Waals surface area contributed by atoms with E-state index in [9.17, 15) is 0 Å². The van der Waals surface area contributed by atoms with Crippen LogP contribution in [-0.2, 0) is 12.8 Å². The molecule has 2 aliphatic rings. The maximum absolute atomic E-state index is 6.36. The van der Waals surface area contributed by atoms with E-state index in [0.717, 1.165) is 31.9 Å². The molecule has 2 atom stereocenters. The minimum Gasteiger partial charge on any atom is -0.340 e. The predicted octanol–water partition coefficient (Wildman–Crippen LogP) is 3.49. The summed E-state index contributed by atoms with van der Waals surface area (Å²) in [7, 11) is 0. The monoisotopic (exact) mass is 279 g/mol. The van der Waals surface area contributed by atoms with Crippen LogP contribution in [0.1, 0.15) is 44.4 Å². The number of aromatic nitrogens is 2. The summed E-state index contributed by atoms with van der Waals surface area (Å²) in [5.41, 5.74) is 2.38. The Morgan fingerprint density at radius 2 is 1.74 bits per heavy atom. The van der Waals surface area contributed by atoms with Gasteiger partial charge in [0, 0.05) is 18.7 Å². The first-order chi connectivity index (χ1) is 9.13. The molecule has 0 saturated carbocycles. The van der Waals surface area contributed by atoms with Crippen LogP contribution in [-0.4, -0.2) is 23.1 Å². The standard InChI is InChI=1S/C15H22ClN3/c1-10-7-11(2)9-19(8-10)15-17-13-6-4-3-5-12(13)14(16)18-15/h10-11H,3-9H2,1-2H3. The number of hydrogen-bond donors (Lipinski definition) is 0. The number of hydrogen-bond acceptors (Lipinski definition) is 3. The van der Waals surface area contributed by atoms with Crippen LogP contribution in [0.3, 0.4) is 0 Å². The van der Waals surface area contributed by atoms with E-state index in [2.05, 4.69) is 23.7 Å². The Morgan fingerprint density at radius 1 is 1.05 bits per heavy atom. The topological polar surface area (TPSA) is 29.0 Å². The van der Waals surface area contributed by atoms with Gasteiger partial charge in [-0.05, 0) is 43.9 Å². The van der Waals surface area contributed by atoms with E-state index in [1.165, 1.54) is 30.5 Å². The van der Waals surface area contributed by atoms with Gasteiger partial charge in [0.15, 0.2) is 0 Å². The molecule has 0 N–H and O–H groups in total. The summed E-state index contributed by atoms with van der Waals surface area (Å²) in [5, 5.41) is 0.686. The minimum absolute atomic E-state index is 0.686. The molecular formula is C15H22ClN3. The Kier molecular flexibility index (Phi) is 3.66. The zero-order valence-electron chi connectivity index (χ0n) is 11.8. The Labute approximate surface area is 120 Å². The highest BCUT2D eigenvalue weighted by Crippen LogP contribution is 2.30. The van der Waals surface area contributed by atoms with E-state index in [1.54, 1.807) is 0 Å². The molecule has 1 aliphatic heterocycles. The third kappa shape index (κ3) is 2.71. The molecule has 1 aromatic rings. The first-order valence-electron chi connectivity index (χ1n) is 7.43. The van der Waals surface area contributed by atoms with Crippen molar-refractivity contribution in [1.29, 1.82) is 0 Å². The van der Waals surface area contributed by atoms with Gasteiger partial charge in [-0.2, -0.15) is 0 Å². The van der Waals surface area contributed by atoms with Crippen molar-refractivity contribution >= 4 is 17.5 Å². The number of nitrogens with zero attached hydrogens (tertiary/aromatic N) is 3. The summed E-state index contributed by atoms with van der Waals surface area (Å²) in [6.45, 7) is 6.73. The highest BCUT2D eigenvalue weighted by Gasteiger charge is 2.25. The van der Waals surface area contributed by atoms with E-state index < -0.39 is 0 Å². The molecule has 2 unspecified atom stereocenters. The molecular weight excluding hydrogens is 258 g/mol. The van der Waals surface area contributed by atoms with Crippen LogP contribution in [0.4, 0.5) is 5.95 Å². The lowest BCUT2D eigenvalue weighted by Crippen LogP contribution is -2.40. The molecule has 0 amide bonds. The lowest BCUT2D eigenvalue weighted by molar-refractivity contribution is 0.353. The van der Waals surface area contributed by atoms with E-state index in [-0.39, 0.29) is 0 Å². The maximum Gasteiger partial charge on any atom is 0.227 e. The second-order valence-corrected chi connectivity index (χ2v) is 6.66. The molecule has 2 heterocycles. The van der Waals surface area contributed by atoms with Crippen molar-refractivity contribution < 1.29 is 0 Å². The highest BCUT2D eigenvalue weighted by atomic mass is 35.5. The molecule has 1 aromatic heterocycles. The molecule has 19 heavy (non-hydrogen) atoms. The molecule has 104 valence electrons. The first kappa shape index (κ1) is 13.2. The summed E-state index contributed by atoms with van der Waals surface area (Å²) >= 11 is 6.36. The number of piperidine rings is 1. The molecule has 1 aliphatic carbocycles. The van der Waals surface area contributed by atoms with Crippen molar-refractivity contribution in [3.8, 4) is 0 Å². The SMILES string of the molecule is CC1CC(C)CN(c2nc(Cl)c3c(n2)CCCC3)C1. The van der Waals surface area contributed by atoms with Gasteiger partial charge in [-0.15, -0.1) is 0 Å². The van der Waals surface area contributed by atoms with Crippen LogP contribution in [0, 0.1) is 11.8 Å². The van der Waals surface area contributed by atoms with Gasteiger partial charge in [0.2, 0.25) is 5.95 Å². The fourth-order valence-corrected chi connectivity index (χ4v) is 3.78. The van der Waals surface area contributed by atoms with Gasteiger partial charge in [0.25, 0.3) is 0 Å². The van der Waals surface area contributed by atoms with Gasteiger partial charge >= 0.3 is 0 Å². The first-order valence-corrected chi connectivity index (χ1v) is 7.81. The minimum atomic E-state index is 0.686. The quantitative estimate of drug-likeness (QED) is 0.737. The van der Waals surface area contributed by atoms with Crippen molar-refractivity contribution in [1.82, 2.24) is 9.97 Å². The number of halogens is 1. The summed E-state index contributed by atoms with van der Waals surface area (Å²) in [5.74, 6) is 2.27. The van der Waals surface area contributed by atoms with Gasteiger partial charge in [-0.3, -0.25) is 0 Å². The zero-order chi connectivity index (χ0) is 13.4. The van der Waals surface area contributed by atoms with E-state index >= 15 is 0 Å². The molecule has 3 rings (SSSR count). The average Bonchev–Trinajstić information content (AvgIpc) is 2.37. The summed E-state index contributed by atoms with van der Waals surface area (Å²) < 4.78 is 0. The smallest absolute Gasteiger partial charge is 0.227 e. The largest absolute Gasteiger partial charge is 0.340 e.